The van der Waals surface area contributed by atoms with Crippen molar-refractivity contribution in [1.82, 2.24) is 0 Å². The van der Waals surface area contributed by atoms with Crippen LogP contribution in [0.5, 0.6) is 0 Å². The van der Waals surface area contributed by atoms with E-state index in [0.29, 0.717) is 5.56 Å². The van der Waals surface area contributed by atoms with Crippen LogP contribution in [0.15, 0.2) is 29.6 Å². The third-order valence-corrected chi connectivity index (χ3v) is 4.59. The molecular formula is C12H8ClF2IS. The molecule has 1 aromatic carbocycles. The summed E-state index contributed by atoms with van der Waals surface area (Å²) in [6, 6.07) is 6.12. The van der Waals surface area contributed by atoms with Gasteiger partial charge in [0.1, 0.15) is 0 Å². The summed E-state index contributed by atoms with van der Waals surface area (Å²) in [4.78, 5) is 0. The molecule has 0 aliphatic heterocycles. The second-order valence-corrected chi connectivity index (χ2v) is 6.90. The maximum absolute atomic E-state index is 13.5. The zero-order valence-corrected chi connectivity index (χ0v) is 12.3. The van der Waals surface area contributed by atoms with Gasteiger partial charge in [0.05, 0.1) is 8.26 Å². The lowest BCUT2D eigenvalue weighted by Crippen LogP contribution is -1.99. The van der Waals surface area contributed by atoms with Gasteiger partial charge >= 0.3 is 0 Å². The predicted molar refractivity (Wildman–Crippen MR) is 75.7 cm³/mol. The molecule has 1 heterocycles. The van der Waals surface area contributed by atoms with Crippen molar-refractivity contribution in [2.45, 2.75) is 11.8 Å². The molecule has 17 heavy (non-hydrogen) atoms. The smallest absolute Gasteiger partial charge is 0.162 e. The molecule has 5 heteroatoms. The van der Waals surface area contributed by atoms with Crippen LogP contribution in [0, 0.1) is 14.5 Å². The lowest BCUT2D eigenvalue weighted by Gasteiger charge is -2.08. The number of halogens is 4. The van der Waals surface area contributed by atoms with Crippen molar-refractivity contribution < 1.29 is 8.78 Å². The Balaban J connectivity index is 2.18. The van der Waals surface area contributed by atoms with Crippen LogP contribution in [0.4, 0.5) is 8.78 Å². The summed E-state index contributed by atoms with van der Waals surface area (Å²) < 4.78 is 27.6. The minimum absolute atomic E-state index is 0.290. The highest BCUT2D eigenvalue weighted by Gasteiger charge is 2.15. The summed E-state index contributed by atoms with van der Waals surface area (Å²) in [7, 11) is 0. The average molecular weight is 385 g/mol. The van der Waals surface area contributed by atoms with Crippen LogP contribution in [0.25, 0.3) is 0 Å². The van der Waals surface area contributed by atoms with Gasteiger partial charge in [-0.2, -0.15) is 0 Å². The number of thiophene rings is 1. The molecule has 0 fully saturated rings. The molecule has 0 spiro atoms. The third kappa shape index (κ3) is 3.17. The first kappa shape index (κ1) is 13.2. The van der Waals surface area contributed by atoms with Gasteiger partial charge in [-0.1, -0.05) is 12.1 Å². The van der Waals surface area contributed by atoms with Gasteiger partial charge in [0, 0.05) is 0 Å². The molecule has 90 valence electrons. The first-order valence-electron chi connectivity index (χ1n) is 4.89. The van der Waals surface area contributed by atoms with E-state index in [1.807, 2.05) is 11.4 Å². The fourth-order valence-electron chi connectivity index (χ4n) is 1.50. The first-order valence-corrected chi connectivity index (χ1v) is 7.28. The highest BCUT2D eigenvalue weighted by atomic mass is 127. The first-order chi connectivity index (χ1) is 8.08. The number of alkyl halides is 1. The van der Waals surface area contributed by atoms with E-state index in [2.05, 4.69) is 22.6 Å². The molecule has 0 nitrogen and oxygen atoms in total. The minimum Gasteiger partial charge on any atom is -0.204 e. The fourth-order valence-corrected chi connectivity index (χ4v) is 3.30. The predicted octanol–water partition coefficient (Wildman–Crippen LogP) is 5.15. The van der Waals surface area contributed by atoms with Crippen LogP contribution in [0.3, 0.4) is 0 Å². The van der Waals surface area contributed by atoms with Crippen LogP contribution in [-0.4, -0.2) is 0 Å². The Hall–Kier alpha value is -0.200. The average Bonchev–Trinajstić information content (AvgIpc) is 2.72. The lowest BCUT2D eigenvalue weighted by molar-refractivity contribution is 0.498. The molecule has 0 aliphatic rings. The van der Waals surface area contributed by atoms with Gasteiger partial charge in [-0.05, 0) is 57.7 Å². The van der Waals surface area contributed by atoms with E-state index in [9.17, 15) is 8.78 Å². The van der Waals surface area contributed by atoms with Crippen molar-refractivity contribution in [3.63, 3.8) is 0 Å². The zero-order chi connectivity index (χ0) is 12.4. The summed E-state index contributed by atoms with van der Waals surface area (Å²) >= 11 is 9.98. The molecule has 2 aromatic rings. The van der Waals surface area contributed by atoms with Crippen molar-refractivity contribution in [1.29, 1.82) is 0 Å². The van der Waals surface area contributed by atoms with E-state index >= 15 is 0 Å². The molecule has 0 radical (unpaired) electrons. The van der Waals surface area contributed by atoms with E-state index < -0.39 is 11.6 Å². The molecule has 0 N–H and O–H groups in total. The topological polar surface area (TPSA) is 0 Å². The van der Waals surface area contributed by atoms with E-state index in [0.717, 1.165) is 14.5 Å². The number of benzene rings is 1. The highest BCUT2D eigenvalue weighted by Crippen LogP contribution is 2.30. The molecule has 0 bridgehead atoms. The van der Waals surface area contributed by atoms with Gasteiger partial charge in [-0.15, -0.1) is 22.9 Å². The molecule has 1 atom stereocenters. The molecule has 1 unspecified atom stereocenters. The molecule has 0 saturated heterocycles. The van der Waals surface area contributed by atoms with E-state index in [-0.39, 0.29) is 11.8 Å². The Morgan fingerprint density at radius 1 is 1.35 bits per heavy atom. The van der Waals surface area contributed by atoms with Crippen LogP contribution >= 0.6 is 45.5 Å². The maximum Gasteiger partial charge on any atom is 0.162 e. The van der Waals surface area contributed by atoms with Gasteiger partial charge in [0.2, 0.25) is 0 Å². The van der Waals surface area contributed by atoms with Crippen LogP contribution in [0.1, 0.15) is 16.5 Å². The lowest BCUT2D eigenvalue weighted by atomic mass is 10.1. The monoisotopic (exact) mass is 384 g/mol. The number of hydrogen-bond donors (Lipinski definition) is 0. The Bertz CT molecular complexity index is 527. The van der Waals surface area contributed by atoms with Gasteiger partial charge in [-0.3, -0.25) is 0 Å². The summed E-state index contributed by atoms with van der Waals surface area (Å²) in [6.45, 7) is 0. The van der Waals surface area contributed by atoms with Crippen molar-refractivity contribution in [3.05, 3.63) is 55.3 Å². The fraction of sp³-hybridized carbons (Fsp3) is 0.167. The van der Waals surface area contributed by atoms with Gasteiger partial charge in [0.25, 0.3) is 0 Å². The highest BCUT2D eigenvalue weighted by molar-refractivity contribution is 14.1. The molecule has 2 rings (SSSR count). The normalized spacial score (nSPS) is 12.7. The number of rotatable bonds is 3. The standard InChI is InChI=1S/C12H8ClF2IS/c13-9(8-5-11(16)17-6-8)4-7-2-1-3-10(14)12(7)15/h1-3,5-6,9H,4H2. The van der Waals surface area contributed by atoms with E-state index in [1.165, 1.54) is 6.07 Å². The summed E-state index contributed by atoms with van der Waals surface area (Å²) in [6.07, 6.45) is 0.290. The molecule has 0 aliphatic carbocycles. The van der Waals surface area contributed by atoms with Crippen molar-refractivity contribution in [2.75, 3.05) is 0 Å². The Labute approximate surface area is 121 Å². The van der Waals surface area contributed by atoms with Crippen LogP contribution < -0.4 is 0 Å². The minimum atomic E-state index is -0.828. The molecular weight excluding hydrogens is 377 g/mol. The SMILES string of the molecule is Fc1cccc(CC(Cl)c2csc(I)c2)c1F. The Kier molecular flexibility index (Phi) is 4.38. The maximum atomic E-state index is 13.5. The van der Waals surface area contributed by atoms with Crippen molar-refractivity contribution in [2.24, 2.45) is 0 Å². The zero-order valence-electron chi connectivity index (χ0n) is 8.59. The Morgan fingerprint density at radius 2 is 2.12 bits per heavy atom. The van der Waals surface area contributed by atoms with Gasteiger partial charge in [0.15, 0.2) is 11.6 Å². The molecule has 1 aromatic heterocycles. The van der Waals surface area contributed by atoms with Crippen LogP contribution in [0.2, 0.25) is 0 Å². The van der Waals surface area contributed by atoms with Crippen molar-refractivity contribution >= 4 is 45.5 Å². The summed E-state index contributed by atoms with van der Waals surface area (Å²) in [5, 5.41) is 1.61. The van der Waals surface area contributed by atoms with Crippen molar-refractivity contribution in [3.8, 4) is 0 Å². The van der Waals surface area contributed by atoms with Gasteiger partial charge in [-0.25, -0.2) is 8.78 Å². The number of hydrogen-bond acceptors (Lipinski definition) is 1. The second kappa shape index (κ2) is 5.63. The molecule has 0 amide bonds. The summed E-state index contributed by atoms with van der Waals surface area (Å²) in [5.41, 5.74) is 1.26. The second-order valence-electron chi connectivity index (χ2n) is 3.57. The van der Waals surface area contributed by atoms with Crippen LogP contribution in [-0.2, 0) is 6.42 Å². The summed E-state index contributed by atoms with van der Waals surface area (Å²) in [5.74, 6) is -1.63. The third-order valence-electron chi connectivity index (χ3n) is 2.38. The largest absolute Gasteiger partial charge is 0.204 e. The Morgan fingerprint density at radius 3 is 2.76 bits per heavy atom. The van der Waals surface area contributed by atoms with Gasteiger partial charge < -0.3 is 0 Å². The quantitative estimate of drug-likeness (QED) is 0.507. The molecule has 0 saturated carbocycles. The van der Waals surface area contributed by atoms with E-state index in [1.54, 1.807) is 17.4 Å². The van der Waals surface area contributed by atoms with E-state index in [4.69, 9.17) is 11.6 Å².